The monoisotopic (exact) mass is 421 g/mol. The number of aromatic carboxylic acids is 1. The van der Waals surface area contributed by atoms with Crippen molar-refractivity contribution in [2.75, 3.05) is 12.4 Å². The van der Waals surface area contributed by atoms with Gasteiger partial charge in [-0.3, -0.25) is 4.79 Å². The van der Waals surface area contributed by atoms with Crippen molar-refractivity contribution < 1.29 is 32.6 Å². The van der Waals surface area contributed by atoms with Crippen molar-refractivity contribution in [2.24, 2.45) is 0 Å². The highest BCUT2D eigenvalue weighted by Crippen LogP contribution is 2.37. The molecule has 1 amide bonds. The highest BCUT2D eigenvalue weighted by molar-refractivity contribution is 7.14. The van der Waals surface area contributed by atoms with E-state index in [2.05, 4.69) is 10.1 Å². The fourth-order valence-electron chi connectivity index (χ4n) is 2.69. The second-order valence-electron chi connectivity index (χ2n) is 6.05. The molecule has 150 valence electrons. The van der Waals surface area contributed by atoms with Crippen LogP contribution in [0.25, 0.3) is 10.4 Å². The summed E-state index contributed by atoms with van der Waals surface area (Å²) >= 11 is 1.07. The van der Waals surface area contributed by atoms with Gasteiger partial charge in [-0.2, -0.15) is 4.39 Å². The van der Waals surface area contributed by atoms with Gasteiger partial charge in [-0.25, -0.2) is 13.6 Å². The minimum absolute atomic E-state index is 0.0915. The Morgan fingerprint density at radius 1 is 1.10 bits per heavy atom. The predicted octanol–water partition coefficient (Wildman–Crippen LogP) is 5.10. The maximum Gasteiger partial charge on any atom is 0.339 e. The molecule has 1 aromatic heterocycles. The molecule has 5 nitrogen and oxygen atoms in total. The molecule has 0 spiro atoms. The third kappa shape index (κ3) is 3.81. The average molecular weight is 421 g/mol. The van der Waals surface area contributed by atoms with E-state index in [1.807, 2.05) is 19.1 Å². The van der Waals surface area contributed by atoms with Crippen LogP contribution in [0.5, 0.6) is 5.75 Å². The van der Waals surface area contributed by atoms with E-state index >= 15 is 0 Å². The van der Waals surface area contributed by atoms with Gasteiger partial charge in [-0.15, -0.1) is 11.3 Å². The summed E-state index contributed by atoms with van der Waals surface area (Å²) in [5.41, 5.74) is 0.506. The molecule has 0 atom stereocenters. The first-order valence-corrected chi connectivity index (χ1v) is 9.07. The normalized spacial score (nSPS) is 10.7. The number of ether oxygens (including phenoxy) is 1. The number of amides is 1. The highest BCUT2D eigenvalue weighted by Gasteiger charge is 2.26. The predicted molar refractivity (Wildman–Crippen MR) is 102 cm³/mol. The van der Waals surface area contributed by atoms with E-state index in [1.54, 1.807) is 12.1 Å². The molecule has 0 saturated heterocycles. The molecule has 2 N–H and O–H groups in total. The van der Waals surface area contributed by atoms with Crippen LogP contribution in [0.15, 0.2) is 35.7 Å². The van der Waals surface area contributed by atoms with Gasteiger partial charge in [0, 0.05) is 5.38 Å². The highest BCUT2D eigenvalue weighted by atomic mass is 32.1. The molecule has 0 radical (unpaired) electrons. The van der Waals surface area contributed by atoms with Crippen LogP contribution in [0.3, 0.4) is 0 Å². The molecule has 3 aromatic rings. The van der Waals surface area contributed by atoms with E-state index in [0.717, 1.165) is 24.0 Å². The number of carbonyl (C=O) groups is 2. The fourth-order valence-corrected chi connectivity index (χ4v) is 3.69. The minimum Gasteiger partial charge on any atom is -0.491 e. The fraction of sp³-hybridized carbons (Fsp3) is 0.100. The zero-order valence-corrected chi connectivity index (χ0v) is 16.0. The molecular formula is C20H14F3NO4S. The maximum atomic E-state index is 14.3. The van der Waals surface area contributed by atoms with Gasteiger partial charge in [0.25, 0.3) is 5.91 Å². The molecule has 9 heteroatoms. The Morgan fingerprint density at radius 3 is 2.34 bits per heavy atom. The number of aryl methyl sites for hydroxylation is 1. The molecule has 0 saturated carbocycles. The minimum atomic E-state index is -1.56. The Hall–Kier alpha value is -3.33. The van der Waals surface area contributed by atoms with Gasteiger partial charge < -0.3 is 15.2 Å². The number of hydrogen-bond donors (Lipinski definition) is 2. The number of carboxylic acids is 1. The van der Waals surface area contributed by atoms with Crippen LogP contribution in [0.4, 0.5) is 18.9 Å². The number of halogens is 3. The molecule has 0 aliphatic heterocycles. The van der Waals surface area contributed by atoms with Crippen molar-refractivity contribution >= 4 is 28.9 Å². The van der Waals surface area contributed by atoms with E-state index in [9.17, 15) is 27.9 Å². The molecule has 0 aliphatic rings. The van der Waals surface area contributed by atoms with Crippen LogP contribution in [-0.2, 0) is 0 Å². The van der Waals surface area contributed by atoms with Gasteiger partial charge in [0.1, 0.15) is 5.56 Å². The summed E-state index contributed by atoms with van der Waals surface area (Å²) in [6, 6.07) is 7.47. The summed E-state index contributed by atoms with van der Waals surface area (Å²) < 4.78 is 46.0. The zero-order valence-electron chi connectivity index (χ0n) is 15.2. The smallest absolute Gasteiger partial charge is 0.339 e. The zero-order chi connectivity index (χ0) is 21.3. The molecule has 2 aromatic carbocycles. The van der Waals surface area contributed by atoms with Crippen molar-refractivity contribution in [3.05, 3.63) is 69.9 Å². The Kier molecular flexibility index (Phi) is 5.60. The summed E-state index contributed by atoms with van der Waals surface area (Å²) in [7, 11) is 0.928. The summed E-state index contributed by atoms with van der Waals surface area (Å²) in [6.45, 7) is 1.88. The molecule has 1 heterocycles. The number of anilines is 1. The Labute approximate surface area is 167 Å². The van der Waals surface area contributed by atoms with Crippen molar-refractivity contribution in [3.63, 3.8) is 0 Å². The van der Waals surface area contributed by atoms with Crippen molar-refractivity contribution in [3.8, 4) is 16.2 Å². The van der Waals surface area contributed by atoms with Gasteiger partial charge in [0.2, 0.25) is 5.82 Å². The van der Waals surface area contributed by atoms with Gasteiger partial charge in [-0.05, 0) is 18.6 Å². The first-order valence-electron chi connectivity index (χ1n) is 8.19. The first-order chi connectivity index (χ1) is 13.7. The maximum absolute atomic E-state index is 14.3. The molecule has 0 bridgehead atoms. The SMILES string of the molecule is COc1c(F)c(F)cc(C(=O)Nc2csc(-c3ccc(C)cc3)c2C(=O)O)c1F. The van der Waals surface area contributed by atoms with Gasteiger partial charge >= 0.3 is 5.97 Å². The Bertz CT molecular complexity index is 1110. The number of thiophene rings is 1. The molecule has 0 fully saturated rings. The van der Waals surface area contributed by atoms with E-state index in [1.165, 1.54) is 5.38 Å². The van der Waals surface area contributed by atoms with E-state index in [4.69, 9.17) is 0 Å². The van der Waals surface area contributed by atoms with E-state index in [0.29, 0.717) is 16.5 Å². The van der Waals surface area contributed by atoms with Crippen molar-refractivity contribution in [1.29, 1.82) is 0 Å². The number of benzene rings is 2. The number of carboxylic acid groups (broad SMARTS) is 1. The lowest BCUT2D eigenvalue weighted by molar-refractivity contribution is 0.0699. The lowest BCUT2D eigenvalue weighted by Crippen LogP contribution is -2.17. The number of hydrogen-bond acceptors (Lipinski definition) is 4. The summed E-state index contributed by atoms with van der Waals surface area (Å²) in [6.07, 6.45) is 0. The largest absolute Gasteiger partial charge is 0.491 e. The molecule has 0 unspecified atom stereocenters. The molecule has 29 heavy (non-hydrogen) atoms. The van der Waals surface area contributed by atoms with Gasteiger partial charge in [0.15, 0.2) is 17.4 Å². The number of rotatable bonds is 5. The van der Waals surface area contributed by atoms with E-state index < -0.39 is 40.6 Å². The Morgan fingerprint density at radius 2 is 1.76 bits per heavy atom. The lowest BCUT2D eigenvalue weighted by Gasteiger charge is -2.10. The van der Waals surface area contributed by atoms with Crippen LogP contribution in [0.2, 0.25) is 0 Å². The Balaban J connectivity index is 2.01. The van der Waals surface area contributed by atoms with Gasteiger partial charge in [-0.1, -0.05) is 29.8 Å². The molecular weight excluding hydrogens is 407 g/mol. The summed E-state index contributed by atoms with van der Waals surface area (Å²) in [5, 5.41) is 13.2. The first kappa shape index (κ1) is 20.4. The van der Waals surface area contributed by atoms with Crippen molar-refractivity contribution in [2.45, 2.75) is 6.92 Å². The third-order valence-corrected chi connectivity index (χ3v) is 5.16. The van der Waals surface area contributed by atoms with Crippen LogP contribution in [0.1, 0.15) is 26.3 Å². The van der Waals surface area contributed by atoms with Crippen LogP contribution >= 0.6 is 11.3 Å². The summed E-state index contributed by atoms with van der Waals surface area (Å²) in [5.74, 6) is -7.92. The second-order valence-corrected chi connectivity index (χ2v) is 6.93. The number of nitrogens with one attached hydrogen (secondary N) is 1. The van der Waals surface area contributed by atoms with Gasteiger partial charge in [0.05, 0.1) is 23.2 Å². The third-order valence-electron chi connectivity index (χ3n) is 4.13. The van der Waals surface area contributed by atoms with E-state index in [-0.39, 0.29) is 11.3 Å². The standard InChI is InChI=1S/C20H14F3NO4S/c1-9-3-5-10(6-4-9)18-14(20(26)27)13(8-29-18)24-19(25)11-7-12(21)16(23)17(28-2)15(11)22/h3-8H,1-2H3,(H,24,25)(H,26,27). The van der Waals surface area contributed by atoms with Crippen LogP contribution < -0.4 is 10.1 Å². The average Bonchev–Trinajstić information content (AvgIpc) is 3.09. The van der Waals surface area contributed by atoms with Crippen LogP contribution in [-0.4, -0.2) is 24.1 Å². The number of carbonyl (C=O) groups excluding carboxylic acids is 1. The topological polar surface area (TPSA) is 75.6 Å². The van der Waals surface area contributed by atoms with Crippen LogP contribution in [0, 0.1) is 24.4 Å². The second kappa shape index (κ2) is 7.96. The van der Waals surface area contributed by atoms with Crippen molar-refractivity contribution in [1.82, 2.24) is 0 Å². The molecule has 3 rings (SSSR count). The molecule has 0 aliphatic carbocycles. The quantitative estimate of drug-likeness (QED) is 0.562. The number of methoxy groups -OCH3 is 1. The lowest BCUT2D eigenvalue weighted by atomic mass is 10.1. The summed E-state index contributed by atoms with van der Waals surface area (Å²) in [4.78, 5) is 24.6.